The number of halogens is 2. The molecule has 0 aliphatic rings. The van der Waals surface area contributed by atoms with Crippen LogP contribution in [0.4, 0.5) is 8.78 Å². The van der Waals surface area contributed by atoms with Crippen LogP contribution in [0.15, 0.2) is 18.2 Å². The lowest BCUT2D eigenvalue weighted by Gasteiger charge is -2.12. The predicted molar refractivity (Wildman–Crippen MR) is 82.3 cm³/mol. The van der Waals surface area contributed by atoms with Crippen LogP contribution < -0.4 is 14.8 Å². The van der Waals surface area contributed by atoms with Gasteiger partial charge in [-0.05, 0) is 24.6 Å². The van der Waals surface area contributed by atoms with Crippen LogP contribution in [0, 0.1) is 0 Å². The van der Waals surface area contributed by atoms with Crippen molar-refractivity contribution in [2.24, 2.45) is 0 Å². The van der Waals surface area contributed by atoms with Crippen LogP contribution in [0.25, 0.3) is 0 Å². The lowest BCUT2D eigenvalue weighted by molar-refractivity contribution is -0.149. The van der Waals surface area contributed by atoms with E-state index in [-0.39, 0.29) is 36.7 Å². The topological polar surface area (TPSA) is 90.9 Å². The number of carbonyl (C=O) groups is 3. The largest absolute Gasteiger partial charge is 0.493 e. The van der Waals surface area contributed by atoms with Gasteiger partial charge in [0.15, 0.2) is 18.1 Å². The number of esters is 1. The molecule has 0 bridgehead atoms. The Hall–Kier alpha value is -2.71. The van der Waals surface area contributed by atoms with Crippen LogP contribution in [0.5, 0.6) is 11.5 Å². The van der Waals surface area contributed by atoms with Gasteiger partial charge >= 0.3 is 12.6 Å². The monoisotopic (exact) mass is 359 g/mol. The number of ether oxygens (including phenoxy) is 3. The van der Waals surface area contributed by atoms with Crippen molar-refractivity contribution in [3.8, 4) is 11.5 Å². The highest BCUT2D eigenvalue weighted by Gasteiger charge is 2.12. The van der Waals surface area contributed by atoms with Crippen LogP contribution >= 0.6 is 0 Å². The lowest BCUT2D eigenvalue weighted by atomic mass is 10.2. The number of methoxy groups -OCH3 is 1. The van der Waals surface area contributed by atoms with Crippen molar-refractivity contribution in [3.05, 3.63) is 23.8 Å². The second-order valence-corrected chi connectivity index (χ2v) is 5.00. The molecule has 0 aromatic heterocycles. The van der Waals surface area contributed by atoms with Crippen molar-refractivity contribution < 1.29 is 37.4 Å². The Morgan fingerprint density at radius 3 is 2.48 bits per heavy atom. The van der Waals surface area contributed by atoms with E-state index in [0.29, 0.717) is 5.56 Å². The van der Waals surface area contributed by atoms with Gasteiger partial charge in [0, 0.05) is 13.0 Å². The zero-order chi connectivity index (χ0) is 18.8. The molecule has 25 heavy (non-hydrogen) atoms. The Morgan fingerprint density at radius 1 is 1.16 bits per heavy atom. The smallest absolute Gasteiger partial charge is 0.387 e. The number of hydrogen-bond donors (Lipinski definition) is 1. The van der Waals surface area contributed by atoms with Crippen molar-refractivity contribution in [1.82, 2.24) is 5.32 Å². The Labute approximate surface area is 143 Å². The highest BCUT2D eigenvalue weighted by molar-refractivity contribution is 5.83. The first-order valence-electron chi connectivity index (χ1n) is 7.35. The maximum Gasteiger partial charge on any atom is 0.387 e. The fourth-order valence-electron chi connectivity index (χ4n) is 1.76. The van der Waals surface area contributed by atoms with Crippen LogP contribution in [0.2, 0.25) is 0 Å². The molecule has 0 fully saturated rings. The molecule has 0 radical (unpaired) electrons. The molecular formula is C16H19F2NO6. The van der Waals surface area contributed by atoms with Crippen LogP contribution in [0.1, 0.15) is 25.3 Å². The van der Waals surface area contributed by atoms with Gasteiger partial charge in [-0.15, -0.1) is 0 Å². The number of Topliss-reactive ketones (excluding diaryl/α,β-unsaturated/α-hetero) is 1. The third-order valence-corrected chi connectivity index (χ3v) is 2.98. The molecule has 0 heterocycles. The second kappa shape index (κ2) is 10.2. The van der Waals surface area contributed by atoms with Gasteiger partial charge < -0.3 is 24.3 Å². The quantitative estimate of drug-likeness (QED) is 0.641. The number of rotatable bonds is 10. The summed E-state index contributed by atoms with van der Waals surface area (Å²) in [6.45, 7) is -2.02. The van der Waals surface area contributed by atoms with E-state index in [1.54, 1.807) is 0 Å². The minimum absolute atomic E-state index is 0.0628. The zero-order valence-corrected chi connectivity index (χ0v) is 13.8. The van der Waals surface area contributed by atoms with Gasteiger partial charge in [0.05, 0.1) is 13.5 Å². The van der Waals surface area contributed by atoms with Gasteiger partial charge in [-0.3, -0.25) is 9.59 Å². The number of amides is 1. The fourth-order valence-corrected chi connectivity index (χ4v) is 1.76. The van der Waals surface area contributed by atoms with Crippen molar-refractivity contribution in [2.75, 3.05) is 13.7 Å². The summed E-state index contributed by atoms with van der Waals surface area (Å²) in [7, 11) is 1.30. The molecule has 1 N–H and O–H groups in total. The summed E-state index contributed by atoms with van der Waals surface area (Å²) >= 11 is 0. The molecule has 0 atom stereocenters. The summed E-state index contributed by atoms with van der Waals surface area (Å²) in [5.74, 6) is -1.34. The maximum atomic E-state index is 12.2. The van der Waals surface area contributed by atoms with Crippen molar-refractivity contribution in [2.45, 2.75) is 32.9 Å². The molecular weight excluding hydrogens is 340 g/mol. The average molecular weight is 359 g/mol. The van der Waals surface area contributed by atoms with Crippen LogP contribution in [0.3, 0.4) is 0 Å². The van der Waals surface area contributed by atoms with Crippen molar-refractivity contribution in [1.29, 1.82) is 0 Å². The number of alkyl halides is 2. The van der Waals surface area contributed by atoms with Gasteiger partial charge in [0.25, 0.3) is 5.91 Å². The van der Waals surface area contributed by atoms with Crippen molar-refractivity contribution in [3.63, 3.8) is 0 Å². The lowest BCUT2D eigenvalue weighted by Crippen LogP contribution is -2.28. The van der Waals surface area contributed by atoms with E-state index in [4.69, 9.17) is 9.47 Å². The third kappa shape index (κ3) is 8.09. The predicted octanol–water partition coefficient (Wildman–Crippen LogP) is 1.83. The highest BCUT2D eigenvalue weighted by Crippen LogP contribution is 2.29. The summed E-state index contributed by atoms with van der Waals surface area (Å²) in [4.78, 5) is 33.6. The van der Waals surface area contributed by atoms with Crippen LogP contribution in [-0.2, 0) is 25.7 Å². The Kier molecular flexibility index (Phi) is 8.31. The number of nitrogens with one attached hydrogen (secondary N) is 1. The number of carbonyl (C=O) groups excluding carboxylic acids is 3. The molecule has 1 rings (SSSR count). The Balaban J connectivity index is 2.45. The van der Waals surface area contributed by atoms with Crippen molar-refractivity contribution >= 4 is 17.7 Å². The van der Waals surface area contributed by atoms with E-state index < -0.39 is 25.1 Å². The van der Waals surface area contributed by atoms with Gasteiger partial charge in [-0.2, -0.15) is 8.78 Å². The van der Waals surface area contributed by atoms with E-state index in [9.17, 15) is 23.2 Å². The van der Waals surface area contributed by atoms with Gasteiger partial charge in [0.2, 0.25) is 0 Å². The maximum absolute atomic E-state index is 12.2. The molecule has 1 aromatic carbocycles. The minimum Gasteiger partial charge on any atom is -0.493 e. The average Bonchev–Trinajstić information content (AvgIpc) is 2.56. The highest BCUT2D eigenvalue weighted by atomic mass is 19.3. The van der Waals surface area contributed by atoms with Gasteiger partial charge in [-0.25, -0.2) is 0 Å². The van der Waals surface area contributed by atoms with E-state index in [1.807, 2.05) is 0 Å². The molecule has 0 saturated heterocycles. The SMILES string of the molecule is COc1cc(CNC(=O)COC(=O)CCC(C)=O)ccc1OC(F)F. The number of ketones is 1. The molecule has 0 unspecified atom stereocenters. The molecule has 0 aliphatic carbocycles. The minimum atomic E-state index is -2.97. The first kappa shape index (κ1) is 20.3. The Morgan fingerprint density at radius 2 is 1.88 bits per heavy atom. The molecule has 0 aliphatic heterocycles. The first-order valence-corrected chi connectivity index (χ1v) is 7.35. The summed E-state index contributed by atoms with van der Waals surface area (Å²) in [5.41, 5.74) is 0.578. The molecule has 1 amide bonds. The van der Waals surface area contributed by atoms with Gasteiger partial charge in [0.1, 0.15) is 5.78 Å². The summed E-state index contributed by atoms with van der Waals surface area (Å²) in [6, 6.07) is 4.23. The molecule has 9 heteroatoms. The molecule has 0 spiro atoms. The van der Waals surface area contributed by atoms with Gasteiger partial charge in [-0.1, -0.05) is 6.07 Å². The van der Waals surface area contributed by atoms with Crippen LogP contribution in [-0.4, -0.2) is 38.0 Å². The molecule has 138 valence electrons. The molecule has 0 saturated carbocycles. The second-order valence-electron chi connectivity index (χ2n) is 5.00. The molecule has 1 aromatic rings. The van der Waals surface area contributed by atoms with E-state index >= 15 is 0 Å². The van der Waals surface area contributed by atoms with E-state index in [1.165, 1.54) is 32.2 Å². The Bertz CT molecular complexity index is 621. The normalized spacial score (nSPS) is 10.3. The summed E-state index contributed by atoms with van der Waals surface area (Å²) in [6.07, 6.45) is -0.0152. The fraction of sp³-hybridized carbons (Fsp3) is 0.438. The number of benzene rings is 1. The van der Waals surface area contributed by atoms with E-state index in [0.717, 1.165) is 0 Å². The van der Waals surface area contributed by atoms with E-state index in [2.05, 4.69) is 10.1 Å². The summed E-state index contributed by atoms with van der Waals surface area (Å²) < 4.78 is 38.5. The number of hydrogen-bond acceptors (Lipinski definition) is 6. The standard InChI is InChI=1S/C16H19F2NO6/c1-10(20)3-6-15(22)24-9-14(21)19-8-11-4-5-12(25-16(17)18)13(7-11)23-2/h4-5,7,16H,3,6,8-9H2,1-2H3,(H,19,21). The first-order chi connectivity index (χ1) is 11.8. The molecule has 7 nitrogen and oxygen atoms in total. The zero-order valence-electron chi connectivity index (χ0n) is 13.8. The summed E-state index contributed by atoms with van der Waals surface area (Å²) in [5, 5.41) is 2.50. The third-order valence-electron chi connectivity index (χ3n) is 2.98.